The SMILES string of the molecule is Fc1ccc(Br)c(CNC2CCCc3ccccc32)c1. The van der Waals surface area contributed by atoms with Crippen LogP contribution < -0.4 is 5.32 Å². The smallest absolute Gasteiger partial charge is 0.123 e. The van der Waals surface area contributed by atoms with Crippen molar-refractivity contribution in [3.05, 3.63) is 69.4 Å². The lowest BCUT2D eigenvalue weighted by Crippen LogP contribution is -2.25. The predicted molar refractivity (Wildman–Crippen MR) is 83.1 cm³/mol. The number of benzene rings is 2. The van der Waals surface area contributed by atoms with Crippen molar-refractivity contribution in [2.24, 2.45) is 0 Å². The Hall–Kier alpha value is -1.19. The van der Waals surface area contributed by atoms with Crippen LogP contribution in [-0.2, 0) is 13.0 Å². The first-order chi connectivity index (χ1) is 9.74. The summed E-state index contributed by atoms with van der Waals surface area (Å²) in [5.41, 5.74) is 3.80. The van der Waals surface area contributed by atoms with Crippen LogP contribution >= 0.6 is 15.9 Å². The van der Waals surface area contributed by atoms with Crippen LogP contribution in [0.15, 0.2) is 46.9 Å². The van der Waals surface area contributed by atoms with E-state index in [4.69, 9.17) is 0 Å². The van der Waals surface area contributed by atoms with Gasteiger partial charge in [0.15, 0.2) is 0 Å². The van der Waals surface area contributed by atoms with Gasteiger partial charge in [-0.3, -0.25) is 0 Å². The second kappa shape index (κ2) is 6.06. The van der Waals surface area contributed by atoms with Crippen molar-refractivity contribution in [3.8, 4) is 0 Å². The van der Waals surface area contributed by atoms with Gasteiger partial charge in [0.1, 0.15) is 5.82 Å². The second-order valence-corrected chi connectivity index (χ2v) is 6.11. The van der Waals surface area contributed by atoms with Crippen molar-refractivity contribution in [1.82, 2.24) is 5.32 Å². The molecule has 1 N–H and O–H groups in total. The quantitative estimate of drug-likeness (QED) is 0.854. The first-order valence-corrected chi connectivity index (χ1v) is 7.78. The fraction of sp³-hybridized carbons (Fsp3) is 0.294. The average molecular weight is 334 g/mol. The molecule has 0 spiro atoms. The molecule has 3 heteroatoms. The van der Waals surface area contributed by atoms with Crippen molar-refractivity contribution in [2.45, 2.75) is 31.8 Å². The van der Waals surface area contributed by atoms with E-state index >= 15 is 0 Å². The maximum Gasteiger partial charge on any atom is 0.123 e. The normalized spacial score (nSPS) is 17.8. The summed E-state index contributed by atoms with van der Waals surface area (Å²) in [6, 6.07) is 13.8. The summed E-state index contributed by atoms with van der Waals surface area (Å²) >= 11 is 3.48. The molecule has 1 atom stereocenters. The molecule has 0 saturated heterocycles. The van der Waals surface area contributed by atoms with Gasteiger partial charge in [-0.25, -0.2) is 4.39 Å². The summed E-state index contributed by atoms with van der Waals surface area (Å²) < 4.78 is 14.3. The van der Waals surface area contributed by atoms with E-state index in [-0.39, 0.29) is 5.82 Å². The number of hydrogen-bond donors (Lipinski definition) is 1. The van der Waals surface area contributed by atoms with Crippen molar-refractivity contribution >= 4 is 15.9 Å². The molecule has 3 rings (SSSR count). The molecule has 0 amide bonds. The number of nitrogens with one attached hydrogen (secondary N) is 1. The lowest BCUT2D eigenvalue weighted by Gasteiger charge is -2.26. The van der Waals surface area contributed by atoms with Gasteiger partial charge in [-0.05, 0) is 54.2 Å². The zero-order valence-electron chi connectivity index (χ0n) is 11.2. The van der Waals surface area contributed by atoms with Crippen LogP contribution in [0.25, 0.3) is 0 Å². The number of halogens is 2. The van der Waals surface area contributed by atoms with E-state index in [2.05, 4.69) is 45.5 Å². The molecule has 0 fully saturated rings. The zero-order chi connectivity index (χ0) is 13.9. The highest BCUT2D eigenvalue weighted by Crippen LogP contribution is 2.30. The van der Waals surface area contributed by atoms with Gasteiger partial charge in [0.25, 0.3) is 0 Å². The number of aryl methyl sites for hydroxylation is 1. The van der Waals surface area contributed by atoms with Crippen LogP contribution in [0.4, 0.5) is 4.39 Å². The molecule has 2 aromatic rings. The Kier molecular flexibility index (Phi) is 4.18. The Labute approximate surface area is 127 Å². The molecular weight excluding hydrogens is 317 g/mol. The summed E-state index contributed by atoms with van der Waals surface area (Å²) in [5, 5.41) is 3.57. The Balaban J connectivity index is 1.75. The second-order valence-electron chi connectivity index (χ2n) is 5.26. The molecule has 1 aliphatic carbocycles. The van der Waals surface area contributed by atoms with E-state index in [1.807, 2.05) is 0 Å². The van der Waals surface area contributed by atoms with Crippen molar-refractivity contribution in [2.75, 3.05) is 0 Å². The monoisotopic (exact) mass is 333 g/mol. The van der Waals surface area contributed by atoms with E-state index in [1.165, 1.54) is 23.6 Å². The number of fused-ring (bicyclic) bond motifs is 1. The van der Waals surface area contributed by atoms with Gasteiger partial charge < -0.3 is 5.32 Å². The van der Waals surface area contributed by atoms with Gasteiger partial charge in [0.05, 0.1) is 0 Å². The lowest BCUT2D eigenvalue weighted by molar-refractivity contribution is 0.458. The molecule has 0 aliphatic heterocycles. The van der Waals surface area contributed by atoms with Crippen LogP contribution in [0, 0.1) is 5.82 Å². The predicted octanol–water partition coefficient (Wildman–Crippen LogP) is 4.76. The maximum absolute atomic E-state index is 13.3. The first-order valence-electron chi connectivity index (χ1n) is 6.99. The number of hydrogen-bond acceptors (Lipinski definition) is 1. The fourth-order valence-corrected chi connectivity index (χ4v) is 3.26. The Bertz CT molecular complexity index is 612. The highest BCUT2D eigenvalue weighted by Gasteiger charge is 2.19. The summed E-state index contributed by atoms with van der Waals surface area (Å²) in [4.78, 5) is 0. The molecule has 20 heavy (non-hydrogen) atoms. The molecule has 2 aromatic carbocycles. The largest absolute Gasteiger partial charge is 0.306 e. The third kappa shape index (κ3) is 2.94. The van der Waals surface area contributed by atoms with E-state index in [0.717, 1.165) is 22.9 Å². The molecule has 1 unspecified atom stereocenters. The molecule has 0 saturated carbocycles. The highest BCUT2D eigenvalue weighted by molar-refractivity contribution is 9.10. The molecule has 1 nitrogen and oxygen atoms in total. The van der Waals surface area contributed by atoms with E-state index in [1.54, 1.807) is 12.1 Å². The zero-order valence-corrected chi connectivity index (χ0v) is 12.8. The lowest BCUT2D eigenvalue weighted by atomic mass is 9.87. The Morgan fingerprint density at radius 3 is 2.95 bits per heavy atom. The molecule has 0 radical (unpaired) electrons. The fourth-order valence-electron chi connectivity index (χ4n) is 2.88. The summed E-state index contributed by atoms with van der Waals surface area (Å²) in [6.45, 7) is 0.678. The Morgan fingerprint density at radius 1 is 1.20 bits per heavy atom. The van der Waals surface area contributed by atoms with Gasteiger partial charge in [0, 0.05) is 17.1 Å². The molecule has 104 valence electrons. The summed E-state index contributed by atoms with van der Waals surface area (Å²) in [7, 11) is 0. The minimum atomic E-state index is -0.186. The third-order valence-electron chi connectivity index (χ3n) is 3.92. The summed E-state index contributed by atoms with van der Waals surface area (Å²) in [5.74, 6) is -0.186. The first kappa shape index (κ1) is 13.8. The van der Waals surface area contributed by atoms with Crippen molar-refractivity contribution in [1.29, 1.82) is 0 Å². The molecule has 0 aromatic heterocycles. The van der Waals surface area contributed by atoms with E-state index in [0.29, 0.717) is 12.6 Å². The van der Waals surface area contributed by atoms with Gasteiger partial charge in [-0.15, -0.1) is 0 Å². The molecule has 0 bridgehead atoms. The van der Waals surface area contributed by atoms with E-state index < -0.39 is 0 Å². The molecule has 0 heterocycles. The van der Waals surface area contributed by atoms with E-state index in [9.17, 15) is 4.39 Å². The minimum Gasteiger partial charge on any atom is -0.306 e. The third-order valence-corrected chi connectivity index (χ3v) is 4.69. The van der Waals surface area contributed by atoms with Crippen LogP contribution in [0.3, 0.4) is 0 Å². The van der Waals surface area contributed by atoms with Crippen LogP contribution in [-0.4, -0.2) is 0 Å². The Morgan fingerprint density at radius 2 is 2.05 bits per heavy atom. The van der Waals surface area contributed by atoms with Gasteiger partial charge in [-0.1, -0.05) is 40.2 Å². The van der Waals surface area contributed by atoms with Crippen LogP contribution in [0.5, 0.6) is 0 Å². The van der Waals surface area contributed by atoms with Crippen LogP contribution in [0.2, 0.25) is 0 Å². The maximum atomic E-state index is 13.3. The minimum absolute atomic E-state index is 0.186. The van der Waals surface area contributed by atoms with Crippen LogP contribution in [0.1, 0.15) is 35.6 Å². The van der Waals surface area contributed by atoms with Gasteiger partial charge in [-0.2, -0.15) is 0 Å². The number of rotatable bonds is 3. The average Bonchev–Trinajstić information content (AvgIpc) is 2.48. The summed E-state index contributed by atoms with van der Waals surface area (Å²) in [6.07, 6.45) is 3.51. The standard InChI is InChI=1S/C17H17BrFN/c18-16-9-8-14(19)10-13(16)11-20-17-7-3-5-12-4-1-2-6-15(12)17/h1-2,4,6,8-10,17,20H,3,5,7,11H2. The van der Waals surface area contributed by atoms with Gasteiger partial charge in [0.2, 0.25) is 0 Å². The van der Waals surface area contributed by atoms with Gasteiger partial charge >= 0.3 is 0 Å². The topological polar surface area (TPSA) is 12.0 Å². The highest BCUT2D eigenvalue weighted by atomic mass is 79.9. The van der Waals surface area contributed by atoms with Crippen molar-refractivity contribution in [3.63, 3.8) is 0 Å². The van der Waals surface area contributed by atoms with Crippen molar-refractivity contribution < 1.29 is 4.39 Å². The molecule has 1 aliphatic rings. The molecular formula is C17H17BrFN.